The van der Waals surface area contributed by atoms with Crippen molar-refractivity contribution in [2.75, 3.05) is 0 Å². The predicted octanol–water partition coefficient (Wildman–Crippen LogP) is 3.58. The smallest absolute Gasteiger partial charge is 0.251 e. The molecule has 2 N–H and O–H groups in total. The highest BCUT2D eigenvalue weighted by atomic mass is 32.1. The van der Waals surface area contributed by atoms with E-state index < -0.39 is 0 Å². The van der Waals surface area contributed by atoms with Gasteiger partial charge in [-0.05, 0) is 38.1 Å². The van der Waals surface area contributed by atoms with Gasteiger partial charge in [0.15, 0.2) is 0 Å². The van der Waals surface area contributed by atoms with Crippen molar-refractivity contribution < 1.29 is 9.59 Å². The van der Waals surface area contributed by atoms with Gasteiger partial charge >= 0.3 is 0 Å². The van der Waals surface area contributed by atoms with Crippen LogP contribution in [0, 0.1) is 0 Å². The van der Waals surface area contributed by atoms with Crippen LogP contribution in [0.5, 0.6) is 0 Å². The summed E-state index contributed by atoms with van der Waals surface area (Å²) in [6.45, 7) is 3.82. The Morgan fingerprint density at radius 3 is 1.50 bits per heavy atom. The maximum Gasteiger partial charge on any atom is 0.251 e. The zero-order valence-corrected chi connectivity index (χ0v) is 15.9. The largest absolute Gasteiger partial charge is 0.345 e. The molecule has 0 fully saturated rings. The van der Waals surface area contributed by atoms with Gasteiger partial charge in [0.1, 0.15) is 0 Å². The van der Waals surface area contributed by atoms with Crippen molar-refractivity contribution in [2.24, 2.45) is 0 Å². The number of carbonyl (C=O) groups excluding carboxylic acids is 2. The van der Waals surface area contributed by atoms with Crippen molar-refractivity contribution in [1.29, 1.82) is 0 Å². The summed E-state index contributed by atoms with van der Waals surface area (Å²) in [5.74, 6) is -0.369. The third kappa shape index (κ3) is 4.33. The van der Waals surface area contributed by atoms with Crippen molar-refractivity contribution in [1.82, 2.24) is 20.6 Å². The molecule has 0 spiro atoms. The van der Waals surface area contributed by atoms with Crippen LogP contribution in [-0.2, 0) is 0 Å². The lowest BCUT2D eigenvalue weighted by atomic mass is 10.1. The average Bonchev–Trinajstić information content (AvgIpc) is 3.35. The first kappa shape index (κ1) is 18.2. The van der Waals surface area contributed by atoms with Crippen molar-refractivity contribution in [3.63, 3.8) is 0 Å². The lowest BCUT2D eigenvalue weighted by molar-refractivity contribution is 0.0928. The summed E-state index contributed by atoms with van der Waals surface area (Å²) in [6.07, 6.45) is 3.49. The fourth-order valence-corrected chi connectivity index (χ4v) is 3.61. The topological polar surface area (TPSA) is 84.0 Å². The fourth-order valence-electron chi connectivity index (χ4n) is 2.35. The highest BCUT2D eigenvalue weighted by molar-refractivity contribution is 7.09. The number of rotatable bonds is 6. The number of thiazole rings is 2. The molecule has 2 atom stereocenters. The molecule has 2 heterocycles. The van der Waals surface area contributed by atoms with Crippen molar-refractivity contribution >= 4 is 34.5 Å². The van der Waals surface area contributed by atoms with Gasteiger partial charge in [-0.3, -0.25) is 19.6 Å². The van der Waals surface area contributed by atoms with Gasteiger partial charge in [0.05, 0.1) is 23.1 Å². The van der Waals surface area contributed by atoms with Crippen LogP contribution in [0.2, 0.25) is 0 Å². The van der Waals surface area contributed by atoms with Gasteiger partial charge in [0, 0.05) is 33.3 Å². The molecule has 0 aliphatic rings. The summed E-state index contributed by atoms with van der Waals surface area (Å²) in [4.78, 5) is 34.7. The molecule has 0 radical (unpaired) electrons. The summed E-state index contributed by atoms with van der Waals surface area (Å²) >= 11 is 2.99. The minimum Gasteiger partial charge on any atom is -0.345 e. The Hall–Kier alpha value is -2.58. The maximum absolute atomic E-state index is 12.3. The Morgan fingerprint density at radius 2 is 1.19 bits per heavy atom. The first-order chi connectivity index (χ1) is 12.5. The standard InChI is InChI=1S/C18H18N4O2S2/c1-11(15-7-19-9-25-15)21-17(23)13-3-5-14(6-4-13)18(24)22-12(2)16-8-20-10-26-16/h3-12H,1-2H3,(H,21,23)(H,22,24)/t11-,12-/m0/s1. The lowest BCUT2D eigenvalue weighted by Crippen LogP contribution is -2.27. The molecule has 1 aromatic carbocycles. The first-order valence-corrected chi connectivity index (χ1v) is 9.79. The molecule has 0 saturated carbocycles. The van der Waals surface area contributed by atoms with Gasteiger partial charge in [0.25, 0.3) is 11.8 Å². The van der Waals surface area contributed by atoms with Crippen LogP contribution in [0.4, 0.5) is 0 Å². The molecule has 8 heteroatoms. The van der Waals surface area contributed by atoms with E-state index in [1.807, 2.05) is 13.8 Å². The summed E-state index contributed by atoms with van der Waals surface area (Å²) < 4.78 is 0. The minimum atomic E-state index is -0.184. The molecule has 0 aliphatic heterocycles. The zero-order valence-electron chi connectivity index (χ0n) is 14.3. The average molecular weight is 387 g/mol. The molecule has 6 nitrogen and oxygen atoms in total. The number of amides is 2. The molecule has 2 aromatic heterocycles. The summed E-state index contributed by atoms with van der Waals surface area (Å²) in [5, 5.41) is 5.85. The van der Waals surface area contributed by atoms with E-state index in [-0.39, 0.29) is 23.9 Å². The summed E-state index contributed by atoms with van der Waals surface area (Å²) in [7, 11) is 0. The van der Waals surface area contributed by atoms with E-state index in [2.05, 4.69) is 20.6 Å². The van der Waals surface area contributed by atoms with Crippen molar-refractivity contribution in [3.05, 3.63) is 68.6 Å². The van der Waals surface area contributed by atoms with Gasteiger partial charge in [-0.2, -0.15) is 0 Å². The molecular formula is C18H18N4O2S2. The van der Waals surface area contributed by atoms with Gasteiger partial charge in [-0.25, -0.2) is 0 Å². The molecule has 3 aromatic rings. The molecule has 3 rings (SSSR count). The SMILES string of the molecule is C[C@H](NC(=O)c1ccc(C(=O)N[C@@H](C)c2cncs2)cc1)c1cncs1. The monoisotopic (exact) mass is 386 g/mol. The van der Waals surface area contributed by atoms with Gasteiger partial charge < -0.3 is 10.6 Å². The van der Waals surface area contributed by atoms with Crippen LogP contribution in [0.1, 0.15) is 56.4 Å². The third-order valence-electron chi connectivity index (χ3n) is 3.86. The van der Waals surface area contributed by atoms with Crippen molar-refractivity contribution in [2.45, 2.75) is 25.9 Å². The lowest BCUT2D eigenvalue weighted by Gasteiger charge is -2.13. The van der Waals surface area contributed by atoms with Gasteiger partial charge in [-0.15, -0.1) is 22.7 Å². The number of benzene rings is 1. The second-order valence-electron chi connectivity index (χ2n) is 5.78. The number of carbonyl (C=O) groups is 2. The molecule has 2 amide bonds. The van der Waals surface area contributed by atoms with E-state index in [4.69, 9.17) is 0 Å². The van der Waals surface area contributed by atoms with Crippen LogP contribution >= 0.6 is 22.7 Å². The van der Waals surface area contributed by atoms with E-state index in [0.29, 0.717) is 11.1 Å². The van der Waals surface area contributed by atoms with Crippen LogP contribution < -0.4 is 10.6 Å². The first-order valence-electron chi connectivity index (χ1n) is 8.03. The molecule has 0 unspecified atom stereocenters. The van der Waals surface area contributed by atoms with E-state index in [0.717, 1.165) is 9.75 Å². The number of hydrogen-bond donors (Lipinski definition) is 2. The molecule has 134 valence electrons. The number of hydrogen-bond acceptors (Lipinski definition) is 6. The maximum atomic E-state index is 12.3. The quantitative estimate of drug-likeness (QED) is 0.678. The Bertz CT molecular complexity index is 788. The Kier molecular flexibility index (Phi) is 5.75. The number of aromatic nitrogens is 2. The van der Waals surface area contributed by atoms with Crippen LogP contribution in [0.3, 0.4) is 0 Å². The predicted molar refractivity (Wildman–Crippen MR) is 102 cm³/mol. The van der Waals surface area contributed by atoms with Gasteiger partial charge in [0.2, 0.25) is 0 Å². The normalized spacial score (nSPS) is 13.0. The molecule has 0 saturated heterocycles. The second-order valence-corrected chi connectivity index (χ2v) is 7.61. The van der Waals surface area contributed by atoms with E-state index in [1.54, 1.807) is 47.7 Å². The second kappa shape index (κ2) is 8.20. The molecular weight excluding hydrogens is 368 g/mol. The van der Waals surface area contributed by atoms with E-state index >= 15 is 0 Å². The highest BCUT2D eigenvalue weighted by Crippen LogP contribution is 2.18. The van der Waals surface area contributed by atoms with Gasteiger partial charge in [-0.1, -0.05) is 0 Å². The Morgan fingerprint density at radius 1 is 0.808 bits per heavy atom. The highest BCUT2D eigenvalue weighted by Gasteiger charge is 2.15. The van der Waals surface area contributed by atoms with Crippen LogP contribution in [0.25, 0.3) is 0 Å². The van der Waals surface area contributed by atoms with E-state index in [9.17, 15) is 9.59 Å². The summed E-state index contributed by atoms with van der Waals surface area (Å²) in [6, 6.07) is 6.39. The third-order valence-corrected chi connectivity index (χ3v) is 5.78. The Labute approximate surface area is 159 Å². The number of nitrogens with one attached hydrogen (secondary N) is 2. The molecule has 26 heavy (non-hydrogen) atoms. The van der Waals surface area contributed by atoms with Crippen molar-refractivity contribution in [3.8, 4) is 0 Å². The zero-order chi connectivity index (χ0) is 18.5. The van der Waals surface area contributed by atoms with Crippen LogP contribution in [-0.4, -0.2) is 21.8 Å². The summed E-state index contributed by atoms with van der Waals surface area (Å²) in [5.41, 5.74) is 4.49. The molecule has 0 aliphatic carbocycles. The van der Waals surface area contributed by atoms with Crippen LogP contribution in [0.15, 0.2) is 47.7 Å². The minimum absolute atomic E-state index is 0.113. The fraction of sp³-hybridized carbons (Fsp3) is 0.222. The Balaban J connectivity index is 1.60. The number of nitrogens with zero attached hydrogens (tertiary/aromatic N) is 2. The molecule has 0 bridgehead atoms. The van der Waals surface area contributed by atoms with E-state index in [1.165, 1.54) is 22.7 Å².